The number of rotatable bonds is 6. The molecule has 1 aromatic rings. The van der Waals surface area contributed by atoms with Crippen LogP contribution in [0.15, 0.2) is 24.3 Å². The molecule has 1 saturated carbocycles. The van der Waals surface area contributed by atoms with Crippen LogP contribution in [0.2, 0.25) is 0 Å². The Morgan fingerprint density at radius 3 is 2.76 bits per heavy atom. The summed E-state index contributed by atoms with van der Waals surface area (Å²) in [7, 11) is 0. The van der Waals surface area contributed by atoms with Gasteiger partial charge in [0, 0.05) is 6.04 Å². The molecule has 134 valence electrons. The van der Waals surface area contributed by atoms with Gasteiger partial charge in [0.2, 0.25) is 0 Å². The molecule has 0 radical (unpaired) electrons. The zero-order valence-corrected chi connectivity index (χ0v) is 14.7. The van der Waals surface area contributed by atoms with Crippen molar-refractivity contribution >= 4 is 11.9 Å². The molecule has 0 aliphatic heterocycles. The highest BCUT2D eigenvalue weighted by Gasteiger charge is 2.26. The number of ether oxygens (including phenoxy) is 2. The van der Waals surface area contributed by atoms with Crippen LogP contribution in [0, 0.1) is 17.2 Å². The molecule has 0 aromatic heterocycles. The van der Waals surface area contributed by atoms with Gasteiger partial charge in [-0.05, 0) is 37.8 Å². The second-order valence-electron chi connectivity index (χ2n) is 6.41. The SMILES string of the molecule is C[C@@H](OC(=O)COc1ccccc1C#N)C(=O)N[C@@H]1CCCC[C@@H]1C. The Kier molecular flexibility index (Phi) is 6.81. The quantitative estimate of drug-likeness (QED) is 0.801. The molecule has 0 unspecified atom stereocenters. The third kappa shape index (κ3) is 5.49. The van der Waals surface area contributed by atoms with E-state index in [1.165, 1.54) is 6.42 Å². The molecule has 2 rings (SSSR count). The molecule has 3 atom stereocenters. The summed E-state index contributed by atoms with van der Waals surface area (Å²) in [6, 6.07) is 8.75. The zero-order chi connectivity index (χ0) is 18.2. The fraction of sp³-hybridized carbons (Fsp3) is 0.526. The van der Waals surface area contributed by atoms with Crippen molar-refractivity contribution in [2.45, 2.75) is 51.7 Å². The van der Waals surface area contributed by atoms with Gasteiger partial charge in [0.25, 0.3) is 5.91 Å². The monoisotopic (exact) mass is 344 g/mol. The number of nitrogens with zero attached hydrogens (tertiary/aromatic N) is 1. The minimum atomic E-state index is -0.878. The molecule has 6 heteroatoms. The molecule has 0 heterocycles. The number of nitriles is 1. The topological polar surface area (TPSA) is 88.4 Å². The lowest BCUT2D eigenvalue weighted by atomic mass is 9.86. The Morgan fingerprint density at radius 2 is 2.04 bits per heavy atom. The summed E-state index contributed by atoms with van der Waals surface area (Å²) in [6.45, 7) is 3.32. The summed E-state index contributed by atoms with van der Waals surface area (Å²) in [5.41, 5.74) is 0.340. The van der Waals surface area contributed by atoms with Crippen LogP contribution in [0.5, 0.6) is 5.75 Å². The minimum Gasteiger partial charge on any atom is -0.481 e. The van der Waals surface area contributed by atoms with Gasteiger partial charge in [-0.3, -0.25) is 4.79 Å². The number of para-hydroxylation sites is 1. The van der Waals surface area contributed by atoms with Crippen LogP contribution in [0.1, 0.15) is 45.1 Å². The van der Waals surface area contributed by atoms with Gasteiger partial charge < -0.3 is 14.8 Å². The van der Waals surface area contributed by atoms with Gasteiger partial charge in [0.15, 0.2) is 12.7 Å². The fourth-order valence-electron chi connectivity index (χ4n) is 2.94. The first kappa shape index (κ1) is 18.8. The summed E-state index contributed by atoms with van der Waals surface area (Å²) in [5.74, 6) is -0.182. The van der Waals surface area contributed by atoms with E-state index in [1.807, 2.05) is 6.07 Å². The van der Waals surface area contributed by atoms with Gasteiger partial charge >= 0.3 is 5.97 Å². The van der Waals surface area contributed by atoms with Gasteiger partial charge in [-0.1, -0.05) is 31.9 Å². The molecule has 6 nitrogen and oxygen atoms in total. The number of carbonyl (C=O) groups excluding carboxylic acids is 2. The normalized spacial score (nSPS) is 20.8. The predicted octanol–water partition coefficient (Wildman–Crippen LogP) is 2.56. The maximum atomic E-state index is 12.2. The van der Waals surface area contributed by atoms with Crippen LogP contribution >= 0.6 is 0 Å². The van der Waals surface area contributed by atoms with E-state index >= 15 is 0 Å². The van der Waals surface area contributed by atoms with Crippen molar-refractivity contribution in [2.24, 2.45) is 5.92 Å². The van der Waals surface area contributed by atoms with Crippen LogP contribution in [0.25, 0.3) is 0 Å². The van der Waals surface area contributed by atoms with Crippen LogP contribution in [0.4, 0.5) is 0 Å². The van der Waals surface area contributed by atoms with Gasteiger partial charge in [-0.2, -0.15) is 5.26 Å². The van der Waals surface area contributed by atoms with Crippen LogP contribution < -0.4 is 10.1 Å². The molecule has 1 aliphatic carbocycles. The van der Waals surface area contributed by atoms with Crippen molar-refractivity contribution in [3.63, 3.8) is 0 Å². The number of hydrogen-bond donors (Lipinski definition) is 1. The standard InChI is InChI=1S/C19H24N2O4/c1-13-7-3-5-9-16(13)21-19(23)14(2)25-18(22)12-24-17-10-6-4-8-15(17)11-20/h4,6,8,10,13-14,16H,3,5,7,9,12H2,1-2H3,(H,21,23)/t13-,14+,16+/m0/s1. The average molecular weight is 344 g/mol. The smallest absolute Gasteiger partial charge is 0.344 e. The van der Waals surface area contributed by atoms with Crippen molar-refractivity contribution in [3.05, 3.63) is 29.8 Å². The first-order valence-corrected chi connectivity index (χ1v) is 8.63. The lowest BCUT2D eigenvalue weighted by Gasteiger charge is -2.30. The van der Waals surface area contributed by atoms with E-state index in [1.54, 1.807) is 31.2 Å². The van der Waals surface area contributed by atoms with E-state index in [2.05, 4.69) is 12.2 Å². The Bertz CT molecular complexity index is 653. The number of nitrogens with one attached hydrogen (secondary N) is 1. The summed E-state index contributed by atoms with van der Waals surface area (Å²) in [5, 5.41) is 11.9. The second-order valence-corrected chi connectivity index (χ2v) is 6.41. The molecule has 1 fully saturated rings. The van der Waals surface area contributed by atoms with Crippen molar-refractivity contribution in [2.75, 3.05) is 6.61 Å². The van der Waals surface area contributed by atoms with Crippen molar-refractivity contribution < 1.29 is 19.1 Å². The number of benzene rings is 1. The summed E-state index contributed by atoms with van der Waals surface area (Å²) in [4.78, 5) is 24.1. The highest BCUT2D eigenvalue weighted by molar-refractivity contribution is 5.84. The lowest BCUT2D eigenvalue weighted by Crippen LogP contribution is -2.46. The van der Waals surface area contributed by atoms with Gasteiger partial charge in [0.05, 0.1) is 5.56 Å². The van der Waals surface area contributed by atoms with E-state index < -0.39 is 12.1 Å². The highest BCUT2D eigenvalue weighted by Crippen LogP contribution is 2.23. The van der Waals surface area contributed by atoms with E-state index in [-0.39, 0.29) is 18.6 Å². The third-order valence-electron chi connectivity index (χ3n) is 4.47. The zero-order valence-electron chi connectivity index (χ0n) is 14.7. The average Bonchev–Trinajstić information content (AvgIpc) is 2.62. The molecule has 0 spiro atoms. The number of hydrogen-bond acceptors (Lipinski definition) is 5. The molecular formula is C19H24N2O4. The molecular weight excluding hydrogens is 320 g/mol. The first-order valence-electron chi connectivity index (χ1n) is 8.63. The molecule has 1 amide bonds. The third-order valence-corrected chi connectivity index (χ3v) is 4.47. The van der Waals surface area contributed by atoms with E-state index in [0.717, 1.165) is 19.3 Å². The lowest BCUT2D eigenvalue weighted by molar-refractivity contribution is -0.157. The highest BCUT2D eigenvalue weighted by atomic mass is 16.6. The summed E-state index contributed by atoms with van der Waals surface area (Å²) >= 11 is 0. The number of carbonyl (C=O) groups is 2. The number of amides is 1. The second kappa shape index (κ2) is 9.07. The van der Waals surface area contributed by atoms with Crippen LogP contribution in [-0.4, -0.2) is 30.6 Å². The molecule has 1 aromatic carbocycles. The van der Waals surface area contributed by atoms with E-state index in [0.29, 0.717) is 17.2 Å². The van der Waals surface area contributed by atoms with Crippen molar-refractivity contribution in [1.82, 2.24) is 5.32 Å². The maximum absolute atomic E-state index is 12.2. The van der Waals surface area contributed by atoms with Gasteiger partial charge in [-0.25, -0.2) is 4.79 Å². The minimum absolute atomic E-state index is 0.140. The van der Waals surface area contributed by atoms with Gasteiger partial charge in [-0.15, -0.1) is 0 Å². The molecule has 25 heavy (non-hydrogen) atoms. The van der Waals surface area contributed by atoms with Crippen molar-refractivity contribution in [1.29, 1.82) is 5.26 Å². The van der Waals surface area contributed by atoms with Crippen molar-refractivity contribution in [3.8, 4) is 11.8 Å². The summed E-state index contributed by atoms with van der Waals surface area (Å²) < 4.78 is 10.4. The Labute approximate surface area is 148 Å². The summed E-state index contributed by atoms with van der Waals surface area (Å²) in [6.07, 6.45) is 3.48. The fourth-order valence-corrected chi connectivity index (χ4v) is 2.94. The predicted molar refractivity (Wildman–Crippen MR) is 91.8 cm³/mol. The molecule has 0 saturated heterocycles. The molecule has 1 N–H and O–H groups in total. The Balaban J connectivity index is 1.79. The largest absolute Gasteiger partial charge is 0.481 e. The maximum Gasteiger partial charge on any atom is 0.344 e. The first-order chi connectivity index (χ1) is 12.0. The molecule has 0 bridgehead atoms. The van der Waals surface area contributed by atoms with E-state index in [9.17, 15) is 9.59 Å². The van der Waals surface area contributed by atoms with Crippen LogP contribution in [-0.2, 0) is 14.3 Å². The molecule has 1 aliphatic rings. The Hall–Kier alpha value is -2.55. The van der Waals surface area contributed by atoms with Crippen LogP contribution in [0.3, 0.4) is 0 Å². The van der Waals surface area contributed by atoms with Gasteiger partial charge in [0.1, 0.15) is 11.8 Å². The number of esters is 1. The van der Waals surface area contributed by atoms with E-state index in [4.69, 9.17) is 14.7 Å². The Morgan fingerprint density at radius 1 is 1.32 bits per heavy atom.